The molecule has 0 unspecified atom stereocenters. The summed E-state index contributed by atoms with van der Waals surface area (Å²) in [5.41, 5.74) is 3.45. The zero-order valence-electron chi connectivity index (χ0n) is 11.9. The average Bonchev–Trinajstić information content (AvgIpc) is 2.95. The summed E-state index contributed by atoms with van der Waals surface area (Å²) in [5, 5.41) is 1.20. The molecule has 0 bridgehead atoms. The van der Waals surface area contributed by atoms with Crippen molar-refractivity contribution in [3.63, 3.8) is 0 Å². The highest BCUT2D eigenvalue weighted by Gasteiger charge is 2.21. The van der Waals surface area contributed by atoms with E-state index < -0.39 is 0 Å². The number of H-pyrrole nitrogens is 1. The first kappa shape index (κ1) is 13.2. The van der Waals surface area contributed by atoms with Gasteiger partial charge in [0, 0.05) is 16.5 Å². The van der Waals surface area contributed by atoms with Gasteiger partial charge in [0.25, 0.3) is 5.65 Å². The largest absolute Gasteiger partial charge is 0.285 e. The second-order valence-electron chi connectivity index (χ2n) is 5.04. The van der Waals surface area contributed by atoms with Crippen LogP contribution >= 0.6 is 11.8 Å². The molecular formula is C19H15N2S+. The lowest BCUT2D eigenvalue weighted by atomic mass is 10.2. The summed E-state index contributed by atoms with van der Waals surface area (Å²) in [7, 11) is 0. The Morgan fingerprint density at radius 2 is 1.41 bits per heavy atom. The monoisotopic (exact) mass is 303 g/mol. The van der Waals surface area contributed by atoms with Crippen LogP contribution in [0.1, 0.15) is 0 Å². The Hall–Kier alpha value is -2.52. The van der Waals surface area contributed by atoms with Gasteiger partial charge in [-0.3, -0.25) is 0 Å². The summed E-state index contributed by atoms with van der Waals surface area (Å²) in [4.78, 5) is 4.78. The van der Waals surface area contributed by atoms with E-state index in [-0.39, 0.29) is 0 Å². The Morgan fingerprint density at radius 3 is 2.18 bits per heavy atom. The van der Waals surface area contributed by atoms with Crippen molar-refractivity contribution < 1.29 is 4.40 Å². The van der Waals surface area contributed by atoms with E-state index in [1.165, 1.54) is 15.5 Å². The van der Waals surface area contributed by atoms with Crippen LogP contribution < -0.4 is 4.40 Å². The van der Waals surface area contributed by atoms with Crippen LogP contribution in [0.25, 0.3) is 16.9 Å². The molecule has 22 heavy (non-hydrogen) atoms. The summed E-state index contributed by atoms with van der Waals surface area (Å²) in [5.74, 6) is 0. The van der Waals surface area contributed by atoms with E-state index in [2.05, 4.69) is 82.3 Å². The minimum atomic E-state index is 1.10. The zero-order chi connectivity index (χ0) is 14.8. The molecule has 0 aliphatic heterocycles. The van der Waals surface area contributed by atoms with Gasteiger partial charge in [0.1, 0.15) is 0 Å². The van der Waals surface area contributed by atoms with Gasteiger partial charge < -0.3 is 0 Å². The molecule has 4 aromatic rings. The molecule has 106 valence electrons. The molecule has 0 amide bonds. The average molecular weight is 303 g/mol. The normalized spacial score (nSPS) is 10.9. The van der Waals surface area contributed by atoms with Crippen LogP contribution in [-0.2, 0) is 0 Å². The van der Waals surface area contributed by atoms with Crippen LogP contribution in [0.5, 0.6) is 0 Å². The van der Waals surface area contributed by atoms with E-state index in [1.807, 2.05) is 12.1 Å². The molecule has 1 N–H and O–H groups in total. The Balaban J connectivity index is 1.91. The summed E-state index contributed by atoms with van der Waals surface area (Å²) in [6, 6.07) is 27.2. The molecule has 4 rings (SSSR count). The van der Waals surface area contributed by atoms with E-state index in [9.17, 15) is 0 Å². The third kappa shape index (κ3) is 2.40. The van der Waals surface area contributed by atoms with Crippen LogP contribution in [0.3, 0.4) is 0 Å². The number of hydrogen-bond acceptors (Lipinski definition) is 1. The fourth-order valence-electron chi connectivity index (χ4n) is 2.52. The Kier molecular flexibility index (Phi) is 3.41. The number of aromatic amines is 1. The standard InChI is InChI=1S/C19H14N2S/c1-3-9-15(10-4-1)18-19(22-16-11-5-2-6-12-16)21-14-8-7-13-17(21)20-18/h1-14H/p+1. The third-order valence-corrected chi connectivity index (χ3v) is 4.67. The highest BCUT2D eigenvalue weighted by Crippen LogP contribution is 2.33. The lowest BCUT2D eigenvalue weighted by Crippen LogP contribution is -2.20. The van der Waals surface area contributed by atoms with Crippen LogP contribution in [0.2, 0.25) is 0 Å². The van der Waals surface area contributed by atoms with E-state index in [1.54, 1.807) is 11.8 Å². The van der Waals surface area contributed by atoms with Crippen molar-refractivity contribution in [3.8, 4) is 11.3 Å². The SMILES string of the molecule is c1ccc(Sc2c(-c3ccccc3)[nH]c3cccc[n+]23)cc1. The van der Waals surface area contributed by atoms with Crippen LogP contribution in [-0.4, -0.2) is 4.98 Å². The number of nitrogens with one attached hydrogen (secondary N) is 1. The molecule has 0 radical (unpaired) electrons. The van der Waals surface area contributed by atoms with Crippen molar-refractivity contribution in [1.82, 2.24) is 4.98 Å². The van der Waals surface area contributed by atoms with Gasteiger partial charge in [-0.15, -0.1) is 0 Å². The molecule has 2 nitrogen and oxygen atoms in total. The molecule has 0 aliphatic rings. The highest BCUT2D eigenvalue weighted by atomic mass is 32.2. The van der Waals surface area contributed by atoms with E-state index >= 15 is 0 Å². The van der Waals surface area contributed by atoms with Crippen LogP contribution in [0.15, 0.2) is 95.0 Å². The van der Waals surface area contributed by atoms with Gasteiger partial charge in [0.15, 0.2) is 5.69 Å². The van der Waals surface area contributed by atoms with Gasteiger partial charge >= 0.3 is 0 Å². The van der Waals surface area contributed by atoms with E-state index in [0.717, 1.165) is 11.3 Å². The number of aromatic nitrogens is 2. The summed E-state index contributed by atoms with van der Waals surface area (Å²) in [6.45, 7) is 0. The molecule has 0 atom stereocenters. The van der Waals surface area contributed by atoms with Crippen molar-refractivity contribution in [2.45, 2.75) is 9.92 Å². The summed E-state index contributed by atoms with van der Waals surface area (Å²) >= 11 is 1.78. The van der Waals surface area contributed by atoms with Gasteiger partial charge in [0.2, 0.25) is 5.03 Å². The predicted octanol–water partition coefficient (Wildman–Crippen LogP) is 4.57. The molecular weight excluding hydrogens is 288 g/mol. The van der Waals surface area contributed by atoms with Crippen LogP contribution in [0.4, 0.5) is 0 Å². The number of benzene rings is 2. The summed E-state index contributed by atoms with van der Waals surface area (Å²) < 4.78 is 2.21. The number of rotatable bonds is 3. The number of imidazole rings is 1. The quantitative estimate of drug-likeness (QED) is 0.549. The maximum atomic E-state index is 3.54. The smallest absolute Gasteiger partial charge is 0.236 e. The van der Waals surface area contributed by atoms with E-state index in [0.29, 0.717) is 0 Å². The van der Waals surface area contributed by atoms with E-state index in [4.69, 9.17) is 0 Å². The molecule has 2 aromatic carbocycles. The van der Waals surface area contributed by atoms with Crippen molar-refractivity contribution in [2.24, 2.45) is 0 Å². The molecule has 2 aromatic heterocycles. The Bertz CT molecular complexity index is 899. The number of pyridine rings is 1. The third-order valence-electron chi connectivity index (χ3n) is 3.57. The lowest BCUT2D eigenvalue weighted by Gasteiger charge is -2.00. The van der Waals surface area contributed by atoms with Crippen molar-refractivity contribution >= 4 is 17.4 Å². The first-order valence-electron chi connectivity index (χ1n) is 7.22. The van der Waals surface area contributed by atoms with Gasteiger partial charge in [0.05, 0.1) is 6.20 Å². The highest BCUT2D eigenvalue weighted by molar-refractivity contribution is 7.99. The molecule has 0 fully saturated rings. The minimum absolute atomic E-state index is 1.10. The van der Waals surface area contributed by atoms with Crippen molar-refractivity contribution in [2.75, 3.05) is 0 Å². The maximum Gasteiger partial charge on any atom is 0.285 e. The first-order chi connectivity index (χ1) is 10.9. The molecule has 0 aliphatic carbocycles. The van der Waals surface area contributed by atoms with Gasteiger partial charge in [-0.25, -0.2) is 4.98 Å². The second-order valence-corrected chi connectivity index (χ2v) is 6.10. The van der Waals surface area contributed by atoms with Gasteiger partial charge in [-0.05, 0) is 30.0 Å². The molecule has 2 heterocycles. The zero-order valence-corrected chi connectivity index (χ0v) is 12.8. The fraction of sp³-hybridized carbons (Fsp3) is 0. The molecule has 0 saturated carbocycles. The Morgan fingerprint density at radius 1 is 0.727 bits per heavy atom. The molecule has 0 spiro atoms. The number of fused-ring (bicyclic) bond motifs is 1. The number of nitrogens with zero attached hydrogens (tertiary/aromatic N) is 1. The molecule has 0 saturated heterocycles. The van der Waals surface area contributed by atoms with Crippen molar-refractivity contribution in [3.05, 3.63) is 85.1 Å². The van der Waals surface area contributed by atoms with Gasteiger partial charge in [-0.2, -0.15) is 4.40 Å². The topological polar surface area (TPSA) is 19.9 Å². The fourth-order valence-corrected chi connectivity index (χ4v) is 3.57. The van der Waals surface area contributed by atoms with Crippen molar-refractivity contribution in [1.29, 1.82) is 0 Å². The first-order valence-corrected chi connectivity index (χ1v) is 8.04. The predicted molar refractivity (Wildman–Crippen MR) is 90.0 cm³/mol. The Labute approximate surface area is 133 Å². The maximum absolute atomic E-state index is 3.54. The second kappa shape index (κ2) is 5.70. The minimum Gasteiger partial charge on any atom is -0.236 e. The van der Waals surface area contributed by atoms with Gasteiger partial charge in [-0.1, -0.05) is 54.6 Å². The molecule has 3 heteroatoms. The van der Waals surface area contributed by atoms with Crippen LogP contribution in [0, 0.1) is 0 Å². The summed E-state index contributed by atoms with van der Waals surface area (Å²) in [6.07, 6.45) is 2.10. The lowest BCUT2D eigenvalue weighted by molar-refractivity contribution is -0.551. The number of hydrogen-bond donors (Lipinski definition) is 1.